The summed E-state index contributed by atoms with van der Waals surface area (Å²) in [6.07, 6.45) is 0.839. The van der Waals surface area contributed by atoms with E-state index in [0.29, 0.717) is 30.6 Å². The first-order valence-electron chi connectivity index (χ1n) is 6.98. The van der Waals surface area contributed by atoms with Gasteiger partial charge in [-0.3, -0.25) is 0 Å². The molecule has 0 saturated heterocycles. The molecule has 0 aliphatic rings. The van der Waals surface area contributed by atoms with Crippen molar-refractivity contribution >= 4 is 41.3 Å². The van der Waals surface area contributed by atoms with E-state index in [0.717, 1.165) is 16.7 Å². The Morgan fingerprint density at radius 2 is 2.17 bits per heavy atom. The van der Waals surface area contributed by atoms with Gasteiger partial charge in [-0.25, -0.2) is 15.0 Å². The van der Waals surface area contributed by atoms with Crippen molar-refractivity contribution in [3.8, 4) is 0 Å². The lowest BCUT2D eigenvalue weighted by atomic mass is 10.5. The highest BCUT2D eigenvalue weighted by molar-refractivity contribution is 14.0. The summed E-state index contributed by atoms with van der Waals surface area (Å²) < 4.78 is 39.4. The highest BCUT2D eigenvalue weighted by atomic mass is 127. The van der Waals surface area contributed by atoms with Crippen LogP contribution in [-0.4, -0.2) is 33.6 Å². The summed E-state index contributed by atoms with van der Waals surface area (Å²) in [5.41, 5.74) is -0.870. The molecule has 0 aromatic carbocycles. The summed E-state index contributed by atoms with van der Waals surface area (Å²) in [6.45, 7) is 4.00. The van der Waals surface area contributed by atoms with Crippen LogP contribution in [-0.2, 0) is 19.3 Å². The summed E-state index contributed by atoms with van der Waals surface area (Å²) in [7, 11) is 0. The van der Waals surface area contributed by atoms with Gasteiger partial charge in [-0.1, -0.05) is 0 Å². The van der Waals surface area contributed by atoms with Crippen LogP contribution >= 0.6 is 35.3 Å². The van der Waals surface area contributed by atoms with Crippen molar-refractivity contribution in [3.63, 3.8) is 0 Å². The minimum absolute atomic E-state index is 0. The van der Waals surface area contributed by atoms with Crippen LogP contribution in [0.2, 0.25) is 0 Å². The van der Waals surface area contributed by atoms with E-state index in [1.54, 1.807) is 12.5 Å². The summed E-state index contributed by atoms with van der Waals surface area (Å²) >= 11 is 0.952. The molecule has 0 aliphatic carbocycles. The fourth-order valence-electron chi connectivity index (χ4n) is 1.72. The van der Waals surface area contributed by atoms with Crippen molar-refractivity contribution in [1.82, 2.24) is 25.2 Å². The molecule has 0 amide bonds. The first-order valence-corrected chi connectivity index (χ1v) is 7.86. The number of thiazole rings is 1. The van der Waals surface area contributed by atoms with Crippen LogP contribution in [0.25, 0.3) is 0 Å². The molecule has 0 radical (unpaired) electrons. The lowest BCUT2D eigenvalue weighted by Gasteiger charge is -2.11. The molecular weight excluding hydrogens is 456 g/mol. The molecule has 0 spiro atoms. The van der Waals surface area contributed by atoms with Crippen molar-refractivity contribution in [1.29, 1.82) is 0 Å². The number of guanidine groups is 1. The summed E-state index contributed by atoms with van der Waals surface area (Å²) in [6, 6.07) is 0. The van der Waals surface area contributed by atoms with Crippen LogP contribution in [0.4, 0.5) is 13.2 Å². The topological polar surface area (TPSA) is 67.1 Å². The third-order valence-corrected chi connectivity index (χ3v) is 3.61. The van der Waals surface area contributed by atoms with Gasteiger partial charge in [0.15, 0.2) is 11.7 Å². The number of imidazole rings is 1. The number of aromatic nitrogens is 3. The van der Waals surface area contributed by atoms with Crippen molar-refractivity contribution in [2.75, 3.05) is 13.1 Å². The highest BCUT2D eigenvalue weighted by Gasteiger charge is 2.33. The quantitative estimate of drug-likeness (QED) is 0.384. The number of hydrogen-bond donors (Lipinski definition) is 2. The Kier molecular flexibility index (Phi) is 8.45. The summed E-state index contributed by atoms with van der Waals surface area (Å²) in [5, 5.41) is 7.48. The lowest BCUT2D eigenvalue weighted by Crippen LogP contribution is -2.38. The van der Waals surface area contributed by atoms with Gasteiger partial charge >= 0.3 is 6.18 Å². The van der Waals surface area contributed by atoms with E-state index in [4.69, 9.17) is 0 Å². The Labute approximate surface area is 158 Å². The standard InChI is InChI=1S/C13H17F3N6S.HI/c1-2-18-12(19-4-6-22-5-3-17-9-22)20-7-11-21-10(8-23-11)13(14,15)16;/h3,5,8-9H,2,4,6-7H2,1H3,(H2,18,19,20);1H. The largest absolute Gasteiger partial charge is 0.434 e. The van der Waals surface area contributed by atoms with Crippen LogP contribution < -0.4 is 10.6 Å². The smallest absolute Gasteiger partial charge is 0.357 e. The van der Waals surface area contributed by atoms with Gasteiger partial charge in [0.2, 0.25) is 0 Å². The number of rotatable bonds is 6. The number of hydrogen-bond acceptors (Lipinski definition) is 4. The maximum Gasteiger partial charge on any atom is 0.434 e. The Morgan fingerprint density at radius 3 is 2.75 bits per heavy atom. The average Bonchev–Trinajstić information content (AvgIpc) is 3.15. The third kappa shape index (κ3) is 6.63. The van der Waals surface area contributed by atoms with Crippen molar-refractivity contribution in [2.45, 2.75) is 26.2 Å². The normalized spacial score (nSPS) is 11.9. The third-order valence-electron chi connectivity index (χ3n) is 2.78. The zero-order chi connectivity index (χ0) is 16.7. The van der Waals surface area contributed by atoms with Crippen molar-refractivity contribution in [2.24, 2.45) is 4.99 Å². The average molecular weight is 474 g/mol. The van der Waals surface area contributed by atoms with Gasteiger partial charge in [0.05, 0.1) is 12.9 Å². The molecule has 134 valence electrons. The van der Waals surface area contributed by atoms with Crippen molar-refractivity contribution in [3.05, 3.63) is 34.8 Å². The fourth-order valence-corrected chi connectivity index (χ4v) is 2.45. The van der Waals surface area contributed by atoms with Crippen LogP contribution in [0.5, 0.6) is 0 Å². The maximum absolute atomic E-state index is 12.5. The molecule has 24 heavy (non-hydrogen) atoms. The lowest BCUT2D eigenvalue weighted by molar-refractivity contribution is -0.140. The predicted molar refractivity (Wildman–Crippen MR) is 97.6 cm³/mol. The molecule has 0 saturated carbocycles. The molecule has 2 heterocycles. The molecule has 2 aromatic heterocycles. The van der Waals surface area contributed by atoms with E-state index >= 15 is 0 Å². The van der Waals surface area contributed by atoms with Crippen LogP contribution in [0.15, 0.2) is 29.1 Å². The molecular formula is C13H18F3IN6S. The van der Waals surface area contributed by atoms with Crippen molar-refractivity contribution < 1.29 is 13.2 Å². The van der Waals surface area contributed by atoms with E-state index in [1.165, 1.54) is 0 Å². The second-order valence-corrected chi connectivity index (χ2v) is 5.49. The summed E-state index contributed by atoms with van der Waals surface area (Å²) in [4.78, 5) is 11.7. The molecule has 0 atom stereocenters. The molecule has 0 unspecified atom stereocenters. The first-order chi connectivity index (χ1) is 11.0. The van der Waals surface area contributed by atoms with E-state index in [2.05, 4.69) is 25.6 Å². The Morgan fingerprint density at radius 1 is 1.38 bits per heavy atom. The van der Waals surface area contributed by atoms with Gasteiger partial charge in [0, 0.05) is 37.4 Å². The zero-order valence-electron chi connectivity index (χ0n) is 12.9. The Balaban J connectivity index is 0.00000288. The zero-order valence-corrected chi connectivity index (χ0v) is 16.0. The van der Waals surface area contributed by atoms with Crippen LogP contribution in [0.1, 0.15) is 17.6 Å². The Bertz CT molecular complexity index is 626. The highest BCUT2D eigenvalue weighted by Crippen LogP contribution is 2.30. The summed E-state index contributed by atoms with van der Waals surface area (Å²) in [5.74, 6) is 0.538. The fraction of sp³-hybridized carbons (Fsp3) is 0.462. The molecule has 2 aromatic rings. The minimum atomic E-state index is -4.41. The molecule has 0 fully saturated rings. The minimum Gasteiger partial charge on any atom is -0.357 e. The predicted octanol–water partition coefficient (Wildman–Crippen LogP) is 2.73. The van der Waals surface area contributed by atoms with Gasteiger partial charge in [0.25, 0.3) is 0 Å². The second kappa shape index (κ2) is 9.81. The van der Waals surface area contributed by atoms with E-state index < -0.39 is 11.9 Å². The van der Waals surface area contributed by atoms with Gasteiger partial charge in [-0.2, -0.15) is 13.2 Å². The van der Waals surface area contributed by atoms with Crippen LogP contribution in [0.3, 0.4) is 0 Å². The number of nitrogens with one attached hydrogen (secondary N) is 2. The molecule has 0 bridgehead atoms. The maximum atomic E-state index is 12.5. The van der Waals surface area contributed by atoms with E-state index in [9.17, 15) is 13.2 Å². The number of aliphatic imine (C=N–C) groups is 1. The Hall–Kier alpha value is -1.37. The van der Waals surface area contributed by atoms with Gasteiger partial charge in [-0.15, -0.1) is 35.3 Å². The first kappa shape index (κ1) is 20.7. The number of halogens is 4. The van der Waals surface area contributed by atoms with Gasteiger partial charge in [-0.05, 0) is 6.92 Å². The van der Waals surface area contributed by atoms with E-state index in [-0.39, 0.29) is 30.5 Å². The number of nitrogens with zero attached hydrogens (tertiary/aromatic N) is 4. The van der Waals surface area contributed by atoms with Crippen LogP contribution in [0, 0.1) is 0 Å². The van der Waals surface area contributed by atoms with E-state index in [1.807, 2.05) is 17.7 Å². The molecule has 6 nitrogen and oxygen atoms in total. The second-order valence-electron chi connectivity index (χ2n) is 4.55. The molecule has 0 aliphatic heterocycles. The monoisotopic (exact) mass is 474 g/mol. The van der Waals surface area contributed by atoms with Gasteiger partial charge in [0.1, 0.15) is 5.01 Å². The SMILES string of the molecule is CCNC(=NCc1nc(C(F)(F)F)cs1)NCCn1ccnc1.I. The molecule has 2 rings (SSSR count). The molecule has 2 N–H and O–H groups in total. The molecule has 11 heteroatoms. The van der Waals surface area contributed by atoms with Gasteiger partial charge < -0.3 is 15.2 Å². The number of alkyl halides is 3.